The highest BCUT2D eigenvalue weighted by molar-refractivity contribution is 5.80. The second kappa shape index (κ2) is 6.50. The van der Waals surface area contributed by atoms with Gasteiger partial charge in [0.1, 0.15) is 5.82 Å². The zero-order chi connectivity index (χ0) is 16.4. The number of aryl methyl sites for hydroxylation is 1. The van der Waals surface area contributed by atoms with Gasteiger partial charge in [0.25, 0.3) is 0 Å². The fraction of sp³-hybridized carbons (Fsp3) is 0.412. The molecule has 1 amide bonds. The summed E-state index contributed by atoms with van der Waals surface area (Å²) in [5.74, 6) is -0.184. The Morgan fingerprint density at radius 1 is 1.48 bits per heavy atom. The van der Waals surface area contributed by atoms with Crippen LogP contribution in [0.1, 0.15) is 17.0 Å². The maximum atomic E-state index is 13.3. The van der Waals surface area contributed by atoms with Crippen molar-refractivity contribution in [3.05, 3.63) is 53.6 Å². The van der Waals surface area contributed by atoms with E-state index in [2.05, 4.69) is 10.4 Å². The van der Waals surface area contributed by atoms with E-state index in [4.69, 9.17) is 0 Å². The molecular weight excluding hydrogens is 295 g/mol. The van der Waals surface area contributed by atoms with Crippen LogP contribution in [0, 0.1) is 11.7 Å². The van der Waals surface area contributed by atoms with E-state index in [0.29, 0.717) is 13.1 Å². The molecule has 0 radical (unpaired) electrons. The molecule has 1 fully saturated rings. The van der Waals surface area contributed by atoms with Crippen LogP contribution in [0.2, 0.25) is 0 Å². The Hall–Kier alpha value is -2.21. The normalized spacial score (nSPS) is 20.7. The standard InChI is InChI=1S/C17H21FN4O/c1-21(10-12-4-3-5-14(18)6-12)17(23)16-9-19-8-15(16)13-7-20-22(2)11-13/h3-7,11,15-16,19H,8-10H2,1-2H3/t15-,16+/m1/s1. The number of carbonyl (C=O) groups excluding carboxylic acids is 1. The van der Waals surface area contributed by atoms with Crippen molar-refractivity contribution in [3.63, 3.8) is 0 Å². The Labute approximate surface area is 135 Å². The Kier molecular flexibility index (Phi) is 4.43. The molecule has 2 atom stereocenters. The number of halogens is 1. The number of carbonyl (C=O) groups is 1. The first kappa shape index (κ1) is 15.7. The summed E-state index contributed by atoms with van der Waals surface area (Å²) in [6, 6.07) is 6.37. The van der Waals surface area contributed by atoms with Crippen molar-refractivity contribution in [1.82, 2.24) is 20.0 Å². The molecule has 1 aromatic carbocycles. The third kappa shape index (κ3) is 3.42. The number of hydrogen-bond donors (Lipinski definition) is 1. The minimum absolute atomic E-state index is 0.0770. The van der Waals surface area contributed by atoms with Crippen LogP contribution in [0.5, 0.6) is 0 Å². The minimum Gasteiger partial charge on any atom is -0.341 e. The molecule has 1 saturated heterocycles. The quantitative estimate of drug-likeness (QED) is 0.930. The molecule has 6 heteroatoms. The molecule has 0 saturated carbocycles. The van der Waals surface area contributed by atoms with Crippen LogP contribution in [0.3, 0.4) is 0 Å². The monoisotopic (exact) mass is 316 g/mol. The summed E-state index contributed by atoms with van der Waals surface area (Å²) in [6.45, 7) is 1.84. The Morgan fingerprint density at radius 2 is 2.30 bits per heavy atom. The van der Waals surface area contributed by atoms with Crippen molar-refractivity contribution in [3.8, 4) is 0 Å². The lowest BCUT2D eigenvalue weighted by Crippen LogP contribution is -2.35. The topological polar surface area (TPSA) is 50.2 Å². The van der Waals surface area contributed by atoms with Gasteiger partial charge in [-0.1, -0.05) is 12.1 Å². The first-order valence-electron chi connectivity index (χ1n) is 7.73. The zero-order valence-corrected chi connectivity index (χ0v) is 13.4. The highest BCUT2D eigenvalue weighted by atomic mass is 19.1. The van der Waals surface area contributed by atoms with Crippen molar-refractivity contribution in [2.24, 2.45) is 13.0 Å². The second-order valence-corrected chi connectivity index (χ2v) is 6.14. The summed E-state index contributed by atoms with van der Waals surface area (Å²) in [4.78, 5) is 14.5. The lowest BCUT2D eigenvalue weighted by atomic mass is 9.90. The molecule has 0 spiro atoms. The Balaban J connectivity index is 1.71. The third-order valence-electron chi connectivity index (χ3n) is 4.37. The van der Waals surface area contributed by atoms with Gasteiger partial charge in [0, 0.05) is 45.8 Å². The van der Waals surface area contributed by atoms with Gasteiger partial charge in [-0.3, -0.25) is 9.48 Å². The van der Waals surface area contributed by atoms with Crippen LogP contribution in [0.25, 0.3) is 0 Å². The van der Waals surface area contributed by atoms with Gasteiger partial charge >= 0.3 is 0 Å². The smallest absolute Gasteiger partial charge is 0.227 e. The van der Waals surface area contributed by atoms with Gasteiger partial charge in [-0.15, -0.1) is 0 Å². The van der Waals surface area contributed by atoms with Gasteiger partial charge in [-0.2, -0.15) is 5.10 Å². The van der Waals surface area contributed by atoms with Gasteiger partial charge in [0.15, 0.2) is 0 Å². The van der Waals surface area contributed by atoms with Crippen molar-refractivity contribution in [1.29, 1.82) is 0 Å². The highest BCUT2D eigenvalue weighted by Gasteiger charge is 2.36. The summed E-state index contributed by atoms with van der Waals surface area (Å²) in [6.07, 6.45) is 3.79. The van der Waals surface area contributed by atoms with E-state index in [0.717, 1.165) is 17.7 Å². The number of aromatic nitrogens is 2. The summed E-state index contributed by atoms with van der Waals surface area (Å²) in [5.41, 5.74) is 1.87. The maximum Gasteiger partial charge on any atom is 0.227 e. The van der Waals surface area contributed by atoms with E-state index in [-0.39, 0.29) is 23.6 Å². The Bertz CT molecular complexity index is 699. The van der Waals surface area contributed by atoms with Crippen LogP contribution < -0.4 is 5.32 Å². The molecule has 23 heavy (non-hydrogen) atoms. The molecular formula is C17H21FN4O. The number of nitrogens with one attached hydrogen (secondary N) is 1. The number of nitrogens with zero attached hydrogens (tertiary/aromatic N) is 3. The number of hydrogen-bond acceptors (Lipinski definition) is 3. The van der Waals surface area contributed by atoms with Gasteiger partial charge < -0.3 is 10.2 Å². The van der Waals surface area contributed by atoms with Crippen molar-refractivity contribution in [2.45, 2.75) is 12.5 Å². The maximum absolute atomic E-state index is 13.3. The lowest BCUT2D eigenvalue weighted by molar-refractivity contribution is -0.134. The summed E-state index contributed by atoms with van der Waals surface area (Å²) in [5, 5.41) is 7.49. The number of rotatable bonds is 4. The summed E-state index contributed by atoms with van der Waals surface area (Å²) in [7, 11) is 3.64. The summed E-state index contributed by atoms with van der Waals surface area (Å²) >= 11 is 0. The molecule has 1 aromatic heterocycles. The molecule has 2 aromatic rings. The lowest BCUT2D eigenvalue weighted by Gasteiger charge is -2.24. The van der Waals surface area contributed by atoms with Crippen LogP contribution in [-0.2, 0) is 18.4 Å². The van der Waals surface area contributed by atoms with Crippen molar-refractivity contribution in [2.75, 3.05) is 20.1 Å². The molecule has 1 aliphatic heterocycles. The van der Waals surface area contributed by atoms with E-state index in [1.165, 1.54) is 12.1 Å². The first-order chi connectivity index (χ1) is 11.0. The fourth-order valence-corrected chi connectivity index (χ4v) is 3.19. The second-order valence-electron chi connectivity index (χ2n) is 6.14. The van der Waals surface area contributed by atoms with Gasteiger partial charge in [-0.25, -0.2) is 4.39 Å². The zero-order valence-electron chi connectivity index (χ0n) is 13.4. The predicted octanol–water partition coefficient (Wildman–Crippen LogP) is 1.52. The van der Waals surface area contributed by atoms with Crippen LogP contribution in [0.4, 0.5) is 4.39 Å². The molecule has 5 nitrogen and oxygen atoms in total. The van der Waals surface area contributed by atoms with Crippen LogP contribution in [0.15, 0.2) is 36.7 Å². The molecule has 122 valence electrons. The van der Waals surface area contributed by atoms with E-state index >= 15 is 0 Å². The first-order valence-corrected chi connectivity index (χ1v) is 7.73. The summed E-state index contributed by atoms with van der Waals surface area (Å²) < 4.78 is 15.0. The minimum atomic E-state index is -0.279. The van der Waals surface area contributed by atoms with E-state index < -0.39 is 0 Å². The molecule has 1 N–H and O–H groups in total. The van der Waals surface area contributed by atoms with E-state index in [1.54, 1.807) is 22.7 Å². The van der Waals surface area contributed by atoms with Crippen molar-refractivity contribution >= 4 is 5.91 Å². The molecule has 0 aliphatic carbocycles. The molecule has 0 unspecified atom stereocenters. The third-order valence-corrected chi connectivity index (χ3v) is 4.37. The SMILES string of the molecule is CN(Cc1cccc(F)c1)C(=O)[C@H]1CNC[C@@H]1c1cnn(C)c1. The predicted molar refractivity (Wildman–Crippen MR) is 85.2 cm³/mol. The van der Waals surface area contributed by atoms with Crippen LogP contribution >= 0.6 is 0 Å². The molecule has 3 rings (SSSR count). The molecule has 1 aliphatic rings. The van der Waals surface area contributed by atoms with Gasteiger partial charge in [-0.05, 0) is 23.3 Å². The number of amides is 1. The highest BCUT2D eigenvalue weighted by Crippen LogP contribution is 2.29. The molecule has 0 bridgehead atoms. The van der Waals surface area contributed by atoms with Gasteiger partial charge in [0.2, 0.25) is 5.91 Å². The number of benzene rings is 1. The fourth-order valence-electron chi connectivity index (χ4n) is 3.19. The van der Waals surface area contributed by atoms with E-state index in [9.17, 15) is 9.18 Å². The van der Waals surface area contributed by atoms with E-state index in [1.807, 2.05) is 25.5 Å². The average Bonchev–Trinajstić information content (AvgIpc) is 3.14. The van der Waals surface area contributed by atoms with Crippen molar-refractivity contribution < 1.29 is 9.18 Å². The van der Waals surface area contributed by atoms with Crippen LogP contribution in [-0.4, -0.2) is 40.7 Å². The largest absolute Gasteiger partial charge is 0.341 e. The average molecular weight is 316 g/mol. The Morgan fingerprint density at radius 3 is 3.00 bits per heavy atom. The van der Waals surface area contributed by atoms with Gasteiger partial charge in [0.05, 0.1) is 12.1 Å². The molecule has 2 heterocycles.